The van der Waals surface area contributed by atoms with E-state index >= 15 is 0 Å². The summed E-state index contributed by atoms with van der Waals surface area (Å²) in [6.45, 7) is 6.41. The zero-order chi connectivity index (χ0) is 10.6. The fourth-order valence-electron chi connectivity index (χ4n) is 1.61. The first-order valence-corrected chi connectivity index (χ1v) is 6.24. The second-order valence-electron chi connectivity index (χ2n) is 4.20. The van der Waals surface area contributed by atoms with Crippen molar-refractivity contribution in [3.05, 3.63) is 0 Å². The Labute approximate surface area is 89.6 Å². The number of hydrogen-bond acceptors (Lipinski definition) is 2. The van der Waals surface area contributed by atoms with E-state index in [1.54, 1.807) is 0 Å². The van der Waals surface area contributed by atoms with Crippen molar-refractivity contribution in [1.29, 1.82) is 0 Å². The molecule has 0 bridgehead atoms. The molecule has 0 aliphatic rings. The first-order valence-electron chi connectivity index (χ1n) is 6.24. The SMILES string of the molecule is CCCCCCCC(C)NCCCN. The smallest absolute Gasteiger partial charge is 0.00387 e. The molecule has 14 heavy (non-hydrogen) atoms. The van der Waals surface area contributed by atoms with Crippen molar-refractivity contribution in [2.75, 3.05) is 13.1 Å². The van der Waals surface area contributed by atoms with Gasteiger partial charge in [-0.05, 0) is 32.9 Å². The minimum absolute atomic E-state index is 0.670. The lowest BCUT2D eigenvalue weighted by atomic mass is 10.1. The van der Waals surface area contributed by atoms with Crippen LogP contribution in [0.4, 0.5) is 0 Å². The van der Waals surface area contributed by atoms with E-state index in [-0.39, 0.29) is 0 Å². The fourth-order valence-corrected chi connectivity index (χ4v) is 1.61. The van der Waals surface area contributed by atoms with Crippen LogP contribution in [-0.4, -0.2) is 19.1 Å². The molecule has 0 aromatic rings. The molecule has 2 nitrogen and oxygen atoms in total. The third-order valence-corrected chi connectivity index (χ3v) is 2.61. The van der Waals surface area contributed by atoms with Crippen molar-refractivity contribution in [3.8, 4) is 0 Å². The fraction of sp³-hybridized carbons (Fsp3) is 1.00. The van der Waals surface area contributed by atoms with Gasteiger partial charge < -0.3 is 11.1 Å². The molecule has 3 N–H and O–H groups in total. The van der Waals surface area contributed by atoms with Gasteiger partial charge in [0, 0.05) is 6.04 Å². The van der Waals surface area contributed by atoms with E-state index in [0.29, 0.717) is 6.04 Å². The van der Waals surface area contributed by atoms with Gasteiger partial charge in [-0.2, -0.15) is 0 Å². The van der Waals surface area contributed by atoms with E-state index in [9.17, 15) is 0 Å². The van der Waals surface area contributed by atoms with Gasteiger partial charge in [0.15, 0.2) is 0 Å². The molecule has 0 aromatic carbocycles. The summed E-state index contributed by atoms with van der Waals surface area (Å²) in [5.74, 6) is 0. The van der Waals surface area contributed by atoms with E-state index < -0.39 is 0 Å². The number of nitrogens with two attached hydrogens (primary N) is 1. The maximum atomic E-state index is 5.43. The molecule has 0 radical (unpaired) electrons. The highest BCUT2D eigenvalue weighted by molar-refractivity contribution is 4.60. The zero-order valence-corrected chi connectivity index (χ0v) is 10.0. The average Bonchev–Trinajstić information content (AvgIpc) is 2.18. The van der Waals surface area contributed by atoms with Crippen LogP contribution >= 0.6 is 0 Å². The van der Waals surface area contributed by atoms with E-state index in [1.807, 2.05) is 0 Å². The summed E-state index contributed by atoms with van der Waals surface area (Å²) in [6.07, 6.45) is 9.33. The lowest BCUT2D eigenvalue weighted by Gasteiger charge is -2.12. The van der Waals surface area contributed by atoms with E-state index in [0.717, 1.165) is 19.5 Å². The van der Waals surface area contributed by atoms with E-state index in [1.165, 1.54) is 38.5 Å². The first-order chi connectivity index (χ1) is 6.81. The van der Waals surface area contributed by atoms with Crippen LogP contribution in [0.2, 0.25) is 0 Å². The van der Waals surface area contributed by atoms with Gasteiger partial charge in [-0.1, -0.05) is 39.0 Å². The van der Waals surface area contributed by atoms with Gasteiger partial charge in [0.2, 0.25) is 0 Å². The predicted molar refractivity (Wildman–Crippen MR) is 64.5 cm³/mol. The number of nitrogens with one attached hydrogen (secondary N) is 1. The Balaban J connectivity index is 3.06. The molecule has 1 unspecified atom stereocenters. The van der Waals surface area contributed by atoms with Gasteiger partial charge in [-0.25, -0.2) is 0 Å². The molecule has 0 spiro atoms. The van der Waals surface area contributed by atoms with E-state index in [4.69, 9.17) is 5.73 Å². The minimum atomic E-state index is 0.670. The predicted octanol–water partition coefficient (Wildman–Crippen LogP) is 2.67. The molecule has 0 saturated carbocycles. The van der Waals surface area contributed by atoms with Gasteiger partial charge in [-0.3, -0.25) is 0 Å². The van der Waals surface area contributed by atoms with Crippen LogP contribution in [-0.2, 0) is 0 Å². The third-order valence-electron chi connectivity index (χ3n) is 2.61. The second-order valence-corrected chi connectivity index (χ2v) is 4.20. The van der Waals surface area contributed by atoms with Crippen molar-refractivity contribution in [2.24, 2.45) is 5.73 Å². The molecule has 0 fully saturated rings. The molecule has 0 heterocycles. The van der Waals surface area contributed by atoms with Crippen LogP contribution in [0.25, 0.3) is 0 Å². The lowest BCUT2D eigenvalue weighted by Crippen LogP contribution is -2.28. The van der Waals surface area contributed by atoms with Crippen LogP contribution in [0.5, 0.6) is 0 Å². The summed E-state index contributed by atoms with van der Waals surface area (Å²) in [4.78, 5) is 0. The van der Waals surface area contributed by atoms with Crippen LogP contribution in [0.15, 0.2) is 0 Å². The van der Waals surface area contributed by atoms with E-state index in [2.05, 4.69) is 19.2 Å². The Morgan fingerprint density at radius 2 is 1.79 bits per heavy atom. The topological polar surface area (TPSA) is 38.0 Å². The average molecular weight is 200 g/mol. The highest BCUT2D eigenvalue weighted by Crippen LogP contribution is 2.06. The summed E-state index contributed by atoms with van der Waals surface area (Å²) < 4.78 is 0. The summed E-state index contributed by atoms with van der Waals surface area (Å²) in [5.41, 5.74) is 5.43. The van der Waals surface area contributed by atoms with Gasteiger partial charge >= 0.3 is 0 Å². The molecule has 0 aliphatic carbocycles. The lowest BCUT2D eigenvalue weighted by molar-refractivity contribution is 0.477. The molecule has 0 aromatic heterocycles. The Bertz CT molecular complexity index is 104. The third kappa shape index (κ3) is 10.0. The Morgan fingerprint density at radius 3 is 2.43 bits per heavy atom. The van der Waals surface area contributed by atoms with Crippen LogP contribution < -0.4 is 11.1 Å². The molecule has 2 heteroatoms. The maximum Gasteiger partial charge on any atom is 0.00387 e. The summed E-state index contributed by atoms with van der Waals surface area (Å²) in [7, 11) is 0. The van der Waals surface area contributed by atoms with Crippen molar-refractivity contribution in [1.82, 2.24) is 5.32 Å². The van der Waals surface area contributed by atoms with Gasteiger partial charge in [-0.15, -0.1) is 0 Å². The van der Waals surface area contributed by atoms with Crippen molar-refractivity contribution in [2.45, 2.75) is 64.8 Å². The maximum absolute atomic E-state index is 5.43. The van der Waals surface area contributed by atoms with Crippen molar-refractivity contribution in [3.63, 3.8) is 0 Å². The normalized spacial score (nSPS) is 13.1. The highest BCUT2D eigenvalue weighted by Gasteiger charge is 1.99. The molecule has 0 saturated heterocycles. The number of unbranched alkanes of at least 4 members (excludes halogenated alkanes) is 4. The Hall–Kier alpha value is -0.0800. The molecule has 1 atom stereocenters. The molecular weight excluding hydrogens is 172 g/mol. The largest absolute Gasteiger partial charge is 0.330 e. The van der Waals surface area contributed by atoms with Crippen molar-refractivity contribution >= 4 is 0 Å². The second kappa shape index (κ2) is 11.0. The zero-order valence-electron chi connectivity index (χ0n) is 10.0. The minimum Gasteiger partial charge on any atom is -0.330 e. The summed E-state index contributed by atoms with van der Waals surface area (Å²) >= 11 is 0. The first kappa shape index (κ1) is 13.9. The quantitative estimate of drug-likeness (QED) is 0.532. The number of hydrogen-bond donors (Lipinski definition) is 2. The van der Waals surface area contributed by atoms with Gasteiger partial charge in [0.25, 0.3) is 0 Å². The molecule has 0 aliphatic heterocycles. The van der Waals surface area contributed by atoms with Crippen LogP contribution in [0, 0.1) is 0 Å². The highest BCUT2D eigenvalue weighted by atomic mass is 14.9. The Morgan fingerprint density at radius 1 is 1.07 bits per heavy atom. The molecule has 86 valence electrons. The molecule has 0 amide bonds. The van der Waals surface area contributed by atoms with Crippen LogP contribution in [0.3, 0.4) is 0 Å². The number of rotatable bonds is 10. The monoisotopic (exact) mass is 200 g/mol. The standard InChI is InChI=1S/C12H28N2/c1-3-4-5-6-7-9-12(2)14-11-8-10-13/h12,14H,3-11,13H2,1-2H3. The van der Waals surface area contributed by atoms with Gasteiger partial charge in [0.05, 0.1) is 0 Å². The summed E-state index contributed by atoms with van der Waals surface area (Å²) in [6, 6.07) is 0.670. The van der Waals surface area contributed by atoms with Crippen molar-refractivity contribution < 1.29 is 0 Å². The Kier molecular flexibility index (Phi) is 10.9. The molecular formula is C12H28N2. The summed E-state index contributed by atoms with van der Waals surface area (Å²) in [5, 5.41) is 3.49. The molecule has 0 rings (SSSR count). The van der Waals surface area contributed by atoms with Gasteiger partial charge in [0.1, 0.15) is 0 Å². The van der Waals surface area contributed by atoms with Crippen LogP contribution in [0.1, 0.15) is 58.8 Å².